The average Bonchev–Trinajstić information content (AvgIpc) is 2.89. The number of benzene rings is 2. The Kier molecular flexibility index (Phi) is 3.17. The van der Waals surface area contributed by atoms with E-state index in [2.05, 4.69) is 9.97 Å². The van der Waals surface area contributed by atoms with Crippen molar-refractivity contribution < 1.29 is 13.2 Å². The zero-order valence-corrected chi connectivity index (χ0v) is 10.9. The third-order valence-electron chi connectivity index (χ3n) is 3.28. The van der Waals surface area contributed by atoms with Crippen molar-refractivity contribution in [2.75, 3.05) is 0 Å². The van der Waals surface area contributed by atoms with E-state index >= 15 is 0 Å². The van der Waals surface area contributed by atoms with Crippen molar-refractivity contribution in [1.29, 1.82) is 0 Å². The molecule has 0 aliphatic carbocycles. The van der Waals surface area contributed by atoms with Crippen molar-refractivity contribution in [2.24, 2.45) is 5.73 Å². The number of para-hydroxylation sites is 1. The summed E-state index contributed by atoms with van der Waals surface area (Å²) >= 11 is 0. The van der Waals surface area contributed by atoms with Crippen LogP contribution in [0.5, 0.6) is 0 Å². The molecule has 0 fully saturated rings. The predicted molar refractivity (Wildman–Crippen MR) is 74.4 cm³/mol. The first-order valence-corrected chi connectivity index (χ1v) is 6.34. The number of halogens is 3. The maximum atomic E-state index is 12.6. The second-order valence-corrected chi connectivity index (χ2v) is 4.66. The predicted octanol–water partition coefficient (Wildman–Crippen LogP) is 3.71. The fourth-order valence-corrected chi connectivity index (χ4v) is 2.25. The summed E-state index contributed by atoms with van der Waals surface area (Å²) < 4.78 is 37.8. The van der Waals surface area contributed by atoms with Gasteiger partial charge in [0, 0.05) is 5.56 Å². The molecule has 3 rings (SSSR count). The van der Waals surface area contributed by atoms with E-state index in [1.165, 1.54) is 12.1 Å². The first-order chi connectivity index (χ1) is 9.99. The molecule has 0 amide bonds. The minimum Gasteiger partial charge on any atom is -0.341 e. The Labute approximate surface area is 118 Å². The van der Waals surface area contributed by atoms with Crippen LogP contribution in [-0.2, 0) is 12.7 Å². The average molecular weight is 291 g/mol. The molecule has 21 heavy (non-hydrogen) atoms. The SMILES string of the molecule is NCc1nc2c(-c3ccc(C(F)(F)F)cc3)cccc2[nH]1. The smallest absolute Gasteiger partial charge is 0.341 e. The molecule has 0 aliphatic rings. The summed E-state index contributed by atoms with van der Waals surface area (Å²) in [4.78, 5) is 7.45. The summed E-state index contributed by atoms with van der Waals surface area (Å²) in [6.07, 6.45) is -4.33. The van der Waals surface area contributed by atoms with Gasteiger partial charge in [0.2, 0.25) is 0 Å². The van der Waals surface area contributed by atoms with Crippen LogP contribution in [0.2, 0.25) is 0 Å². The quantitative estimate of drug-likeness (QED) is 0.756. The van der Waals surface area contributed by atoms with Crippen molar-refractivity contribution in [2.45, 2.75) is 12.7 Å². The van der Waals surface area contributed by atoms with Crippen molar-refractivity contribution in [1.82, 2.24) is 9.97 Å². The number of fused-ring (bicyclic) bond motifs is 1. The number of hydrogen-bond donors (Lipinski definition) is 2. The minimum absolute atomic E-state index is 0.279. The molecule has 1 aromatic heterocycles. The molecule has 0 aliphatic heterocycles. The van der Waals surface area contributed by atoms with Crippen LogP contribution in [0.3, 0.4) is 0 Å². The molecule has 3 nitrogen and oxygen atoms in total. The van der Waals surface area contributed by atoms with Gasteiger partial charge in [-0.25, -0.2) is 4.98 Å². The number of nitrogens with zero attached hydrogens (tertiary/aromatic N) is 1. The lowest BCUT2D eigenvalue weighted by atomic mass is 10.0. The van der Waals surface area contributed by atoms with Gasteiger partial charge >= 0.3 is 6.18 Å². The maximum absolute atomic E-state index is 12.6. The summed E-state index contributed by atoms with van der Waals surface area (Å²) in [5, 5.41) is 0. The van der Waals surface area contributed by atoms with Crippen LogP contribution in [0.4, 0.5) is 13.2 Å². The van der Waals surface area contributed by atoms with Crippen LogP contribution >= 0.6 is 0 Å². The number of aromatic nitrogens is 2. The van der Waals surface area contributed by atoms with Crippen LogP contribution in [0.15, 0.2) is 42.5 Å². The summed E-state index contributed by atoms with van der Waals surface area (Å²) in [7, 11) is 0. The molecule has 0 bridgehead atoms. The molecule has 3 aromatic rings. The van der Waals surface area contributed by atoms with E-state index in [1.807, 2.05) is 18.2 Å². The first-order valence-electron chi connectivity index (χ1n) is 6.34. The van der Waals surface area contributed by atoms with Crippen molar-refractivity contribution in [3.8, 4) is 11.1 Å². The molecule has 0 unspecified atom stereocenters. The molecule has 1 heterocycles. The monoisotopic (exact) mass is 291 g/mol. The summed E-state index contributed by atoms with van der Waals surface area (Å²) in [5.74, 6) is 0.643. The number of nitrogens with one attached hydrogen (secondary N) is 1. The highest BCUT2D eigenvalue weighted by Crippen LogP contribution is 2.32. The molecule has 2 aromatic carbocycles. The molecular formula is C15H12F3N3. The second-order valence-electron chi connectivity index (χ2n) is 4.66. The number of rotatable bonds is 2. The highest BCUT2D eigenvalue weighted by Gasteiger charge is 2.30. The van der Waals surface area contributed by atoms with E-state index in [0.717, 1.165) is 23.2 Å². The summed E-state index contributed by atoms with van der Waals surface area (Å²) in [6, 6.07) is 10.6. The third-order valence-corrected chi connectivity index (χ3v) is 3.28. The molecule has 0 atom stereocenters. The molecular weight excluding hydrogens is 279 g/mol. The van der Waals surface area contributed by atoms with Crippen LogP contribution in [0.1, 0.15) is 11.4 Å². The molecule has 108 valence electrons. The van der Waals surface area contributed by atoms with Gasteiger partial charge in [-0.05, 0) is 23.8 Å². The van der Waals surface area contributed by atoms with E-state index in [-0.39, 0.29) is 6.54 Å². The van der Waals surface area contributed by atoms with Gasteiger partial charge in [-0.15, -0.1) is 0 Å². The van der Waals surface area contributed by atoms with Gasteiger partial charge in [-0.3, -0.25) is 0 Å². The van der Waals surface area contributed by atoms with E-state index < -0.39 is 11.7 Å². The summed E-state index contributed by atoms with van der Waals surface area (Å²) in [6.45, 7) is 0.279. The Balaban J connectivity index is 2.10. The largest absolute Gasteiger partial charge is 0.416 e. The van der Waals surface area contributed by atoms with E-state index in [4.69, 9.17) is 5.73 Å². The van der Waals surface area contributed by atoms with Crippen molar-refractivity contribution in [3.63, 3.8) is 0 Å². The Morgan fingerprint density at radius 1 is 1.05 bits per heavy atom. The summed E-state index contributed by atoms with van der Waals surface area (Å²) in [5.41, 5.74) is 7.87. The van der Waals surface area contributed by atoms with Crippen molar-refractivity contribution >= 4 is 11.0 Å². The van der Waals surface area contributed by atoms with Crippen LogP contribution in [0, 0.1) is 0 Å². The minimum atomic E-state index is -4.33. The lowest BCUT2D eigenvalue weighted by Gasteiger charge is -2.08. The van der Waals surface area contributed by atoms with Gasteiger partial charge in [0.25, 0.3) is 0 Å². The number of H-pyrrole nitrogens is 1. The topological polar surface area (TPSA) is 54.7 Å². The van der Waals surface area contributed by atoms with Gasteiger partial charge in [0.05, 0.1) is 23.1 Å². The van der Waals surface area contributed by atoms with Crippen LogP contribution in [-0.4, -0.2) is 9.97 Å². The fraction of sp³-hybridized carbons (Fsp3) is 0.133. The number of aromatic amines is 1. The highest BCUT2D eigenvalue weighted by molar-refractivity contribution is 5.92. The van der Waals surface area contributed by atoms with E-state index in [0.29, 0.717) is 16.9 Å². The molecule has 0 saturated heterocycles. The van der Waals surface area contributed by atoms with Crippen LogP contribution in [0.25, 0.3) is 22.2 Å². The Hall–Kier alpha value is -2.34. The standard InChI is InChI=1S/C15H12F3N3/c16-15(17,18)10-6-4-9(5-7-10)11-2-1-3-12-14(11)21-13(8-19)20-12/h1-7H,8,19H2,(H,20,21). The second kappa shape index (κ2) is 4.89. The van der Waals surface area contributed by atoms with Gasteiger partial charge in [-0.1, -0.05) is 24.3 Å². The van der Waals surface area contributed by atoms with Crippen LogP contribution < -0.4 is 5.73 Å². The normalized spacial score (nSPS) is 12.0. The van der Waals surface area contributed by atoms with Crippen molar-refractivity contribution in [3.05, 3.63) is 53.9 Å². The fourth-order valence-electron chi connectivity index (χ4n) is 2.25. The maximum Gasteiger partial charge on any atom is 0.416 e. The number of alkyl halides is 3. The van der Waals surface area contributed by atoms with Gasteiger partial charge < -0.3 is 10.7 Å². The van der Waals surface area contributed by atoms with E-state index in [9.17, 15) is 13.2 Å². The third kappa shape index (κ3) is 2.50. The van der Waals surface area contributed by atoms with Gasteiger partial charge in [0.15, 0.2) is 0 Å². The number of nitrogens with two attached hydrogens (primary N) is 1. The molecule has 6 heteroatoms. The van der Waals surface area contributed by atoms with Gasteiger partial charge in [-0.2, -0.15) is 13.2 Å². The number of imidazole rings is 1. The zero-order valence-electron chi connectivity index (χ0n) is 10.9. The molecule has 0 spiro atoms. The zero-order chi connectivity index (χ0) is 15.0. The first kappa shape index (κ1) is 13.6. The molecule has 0 saturated carbocycles. The lowest BCUT2D eigenvalue weighted by molar-refractivity contribution is -0.137. The Morgan fingerprint density at radius 2 is 1.76 bits per heavy atom. The molecule has 0 radical (unpaired) electrons. The highest BCUT2D eigenvalue weighted by atomic mass is 19.4. The van der Waals surface area contributed by atoms with Gasteiger partial charge in [0.1, 0.15) is 5.82 Å². The number of hydrogen-bond acceptors (Lipinski definition) is 2. The van der Waals surface area contributed by atoms with E-state index in [1.54, 1.807) is 0 Å². The molecule has 3 N–H and O–H groups in total. The Bertz CT molecular complexity index is 773. The lowest BCUT2D eigenvalue weighted by Crippen LogP contribution is -2.04. The Morgan fingerprint density at radius 3 is 2.38 bits per heavy atom.